The van der Waals surface area contributed by atoms with Crippen LogP contribution in [-0.4, -0.2) is 73.1 Å². The molecule has 1 N–H and O–H groups in total. The molecule has 0 bridgehead atoms. The van der Waals surface area contributed by atoms with E-state index in [4.69, 9.17) is 0 Å². The topological polar surface area (TPSA) is 91.0 Å². The number of benzene rings is 1. The summed E-state index contributed by atoms with van der Waals surface area (Å²) in [4.78, 5) is 34.1. The highest BCUT2D eigenvalue weighted by Crippen LogP contribution is 2.26. The predicted octanol–water partition coefficient (Wildman–Crippen LogP) is 4.04. The number of aliphatic hydroxyl groups is 1. The van der Waals surface area contributed by atoms with Crippen LogP contribution in [0.4, 0.5) is 4.39 Å². The molecule has 4 rings (SSSR count). The van der Waals surface area contributed by atoms with Gasteiger partial charge in [-0.05, 0) is 61.6 Å². The standard InChI is InChI=1S/C28H34FN5O3/c1-17(2)21-13-22(19-7-9-20(29)10-8-19)31-34-16-23(30-25(21)34)26(36)32-11-12-33(18(3)15-32)27(37)24(35)14-28(4,5)6/h7-10,13,16,18,24,35H,1,11-12,14-15H2,2-6H3/t18-,24+/m0/s1. The molecule has 0 saturated carbocycles. The van der Waals surface area contributed by atoms with Gasteiger partial charge < -0.3 is 14.9 Å². The SMILES string of the molecule is C=C(C)c1cc(-c2ccc(F)cc2)nn2cc(C(=O)N3CCN(C(=O)[C@H](O)CC(C)(C)C)[C@@H](C)C3)nc12. The number of nitrogens with zero attached hydrogens (tertiary/aromatic N) is 5. The molecule has 1 aliphatic rings. The Morgan fingerprint density at radius 3 is 2.49 bits per heavy atom. The number of aromatic nitrogens is 3. The molecule has 196 valence electrons. The van der Waals surface area contributed by atoms with Crippen LogP contribution in [0.25, 0.3) is 22.5 Å². The molecule has 1 aromatic carbocycles. The van der Waals surface area contributed by atoms with Crippen molar-refractivity contribution in [1.82, 2.24) is 24.4 Å². The monoisotopic (exact) mass is 507 g/mol. The maximum Gasteiger partial charge on any atom is 0.274 e. The lowest BCUT2D eigenvalue weighted by Gasteiger charge is -2.40. The quantitative estimate of drug-likeness (QED) is 0.563. The number of aliphatic hydroxyl groups excluding tert-OH is 1. The molecular formula is C28H34FN5O3. The molecule has 2 atom stereocenters. The first-order valence-electron chi connectivity index (χ1n) is 12.4. The number of carbonyl (C=O) groups is 2. The van der Waals surface area contributed by atoms with Gasteiger partial charge >= 0.3 is 0 Å². The van der Waals surface area contributed by atoms with E-state index in [1.807, 2.05) is 40.7 Å². The fraction of sp³-hybridized carbons (Fsp3) is 0.429. The van der Waals surface area contributed by atoms with Gasteiger partial charge in [-0.1, -0.05) is 27.4 Å². The van der Waals surface area contributed by atoms with Gasteiger partial charge in [0.05, 0.1) is 11.9 Å². The molecular weight excluding hydrogens is 473 g/mol. The minimum atomic E-state index is -1.06. The van der Waals surface area contributed by atoms with Gasteiger partial charge in [-0.3, -0.25) is 9.59 Å². The van der Waals surface area contributed by atoms with Crippen LogP contribution in [0.1, 0.15) is 57.1 Å². The van der Waals surface area contributed by atoms with Gasteiger partial charge in [0.15, 0.2) is 5.65 Å². The van der Waals surface area contributed by atoms with E-state index < -0.39 is 6.10 Å². The Bertz CT molecular complexity index is 1340. The van der Waals surface area contributed by atoms with Gasteiger partial charge in [-0.15, -0.1) is 0 Å². The summed E-state index contributed by atoms with van der Waals surface area (Å²) in [5, 5.41) is 15.0. The Hall–Kier alpha value is -3.59. The fourth-order valence-electron chi connectivity index (χ4n) is 4.65. The largest absolute Gasteiger partial charge is 0.383 e. The molecule has 1 saturated heterocycles. The fourth-order valence-corrected chi connectivity index (χ4v) is 4.65. The van der Waals surface area contributed by atoms with Crippen molar-refractivity contribution in [3.05, 3.63) is 60.2 Å². The lowest BCUT2D eigenvalue weighted by atomic mass is 9.88. The minimum absolute atomic E-state index is 0.174. The Labute approximate surface area is 216 Å². The second-order valence-corrected chi connectivity index (χ2v) is 11.0. The van der Waals surface area contributed by atoms with Crippen molar-refractivity contribution in [3.63, 3.8) is 0 Å². The van der Waals surface area contributed by atoms with Gasteiger partial charge in [0.1, 0.15) is 17.6 Å². The van der Waals surface area contributed by atoms with Crippen LogP contribution < -0.4 is 0 Å². The first-order valence-corrected chi connectivity index (χ1v) is 12.4. The Kier molecular flexibility index (Phi) is 7.19. The van der Waals surface area contributed by atoms with E-state index in [1.54, 1.807) is 32.6 Å². The smallest absolute Gasteiger partial charge is 0.274 e. The summed E-state index contributed by atoms with van der Waals surface area (Å²) in [6.07, 6.45) is 0.897. The molecule has 9 heteroatoms. The molecule has 0 radical (unpaired) electrons. The van der Waals surface area contributed by atoms with Gasteiger partial charge in [0, 0.05) is 36.8 Å². The molecule has 3 aromatic rings. The number of halogens is 1. The molecule has 0 aliphatic carbocycles. The maximum absolute atomic E-state index is 13.4. The summed E-state index contributed by atoms with van der Waals surface area (Å²) in [6.45, 7) is 14.7. The van der Waals surface area contributed by atoms with Gasteiger partial charge in [-0.2, -0.15) is 5.10 Å². The third-order valence-electron chi connectivity index (χ3n) is 6.53. The summed E-state index contributed by atoms with van der Waals surface area (Å²) in [7, 11) is 0. The number of imidazole rings is 1. The summed E-state index contributed by atoms with van der Waals surface area (Å²) in [5.74, 6) is -0.887. The molecule has 2 aromatic heterocycles. The predicted molar refractivity (Wildman–Crippen MR) is 140 cm³/mol. The van der Waals surface area contributed by atoms with Crippen molar-refractivity contribution >= 4 is 23.0 Å². The number of hydrogen-bond donors (Lipinski definition) is 1. The molecule has 1 fully saturated rings. The number of carbonyl (C=O) groups excluding carboxylic acids is 2. The van der Waals surface area contributed by atoms with Crippen molar-refractivity contribution in [3.8, 4) is 11.3 Å². The average Bonchev–Trinajstić information content (AvgIpc) is 3.26. The van der Waals surface area contributed by atoms with E-state index in [9.17, 15) is 19.1 Å². The zero-order valence-corrected chi connectivity index (χ0v) is 22.0. The van der Waals surface area contributed by atoms with E-state index >= 15 is 0 Å². The van der Waals surface area contributed by atoms with Crippen LogP contribution in [0.3, 0.4) is 0 Å². The van der Waals surface area contributed by atoms with E-state index in [-0.39, 0.29) is 34.8 Å². The second kappa shape index (κ2) is 10.0. The molecule has 1 aliphatic heterocycles. The number of amides is 2. The van der Waals surface area contributed by atoms with Crippen molar-refractivity contribution in [2.45, 2.75) is 53.2 Å². The average molecular weight is 508 g/mol. The second-order valence-electron chi connectivity index (χ2n) is 11.0. The zero-order valence-electron chi connectivity index (χ0n) is 22.0. The third-order valence-corrected chi connectivity index (χ3v) is 6.53. The lowest BCUT2D eigenvalue weighted by Crippen LogP contribution is -2.57. The normalized spacial score (nSPS) is 17.2. The highest BCUT2D eigenvalue weighted by Gasteiger charge is 2.35. The number of hydrogen-bond acceptors (Lipinski definition) is 5. The zero-order chi connectivity index (χ0) is 27.1. The summed E-state index contributed by atoms with van der Waals surface area (Å²) in [6, 6.07) is 7.63. The van der Waals surface area contributed by atoms with Crippen LogP contribution in [-0.2, 0) is 4.79 Å². The molecule has 0 spiro atoms. The number of fused-ring (bicyclic) bond motifs is 1. The maximum atomic E-state index is 13.4. The van der Waals surface area contributed by atoms with Crippen molar-refractivity contribution in [1.29, 1.82) is 0 Å². The number of rotatable bonds is 5. The number of allylic oxidation sites excluding steroid dienone is 1. The first-order chi connectivity index (χ1) is 17.3. The van der Waals surface area contributed by atoms with Crippen LogP contribution in [0.5, 0.6) is 0 Å². The minimum Gasteiger partial charge on any atom is -0.383 e. The summed E-state index contributed by atoms with van der Waals surface area (Å²) in [5.41, 5.74) is 3.42. The Morgan fingerprint density at radius 1 is 1.22 bits per heavy atom. The summed E-state index contributed by atoms with van der Waals surface area (Å²) < 4.78 is 15.0. The third kappa shape index (κ3) is 5.72. The molecule has 37 heavy (non-hydrogen) atoms. The van der Waals surface area contributed by atoms with Crippen LogP contribution in [0.15, 0.2) is 43.1 Å². The van der Waals surface area contributed by atoms with Gasteiger partial charge in [-0.25, -0.2) is 13.9 Å². The van der Waals surface area contributed by atoms with Crippen LogP contribution in [0.2, 0.25) is 0 Å². The Morgan fingerprint density at radius 2 is 1.89 bits per heavy atom. The van der Waals surface area contributed by atoms with Crippen molar-refractivity contribution in [2.75, 3.05) is 19.6 Å². The van der Waals surface area contributed by atoms with Crippen molar-refractivity contribution < 1.29 is 19.1 Å². The molecule has 0 unspecified atom stereocenters. The van der Waals surface area contributed by atoms with Crippen LogP contribution >= 0.6 is 0 Å². The molecule has 2 amide bonds. The lowest BCUT2D eigenvalue weighted by molar-refractivity contribution is -0.145. The van der Waals surface area contributed by atoms with Crippen LogP contribution in [0, 0.1) is 11.2 Å². The van der Waals surface area contributed by atoms with E-state index in [1.165, 1.54) is 12.1 Å². The highest BCUT2D eigenvalue weighted by molar-refractivity contribution is 5.94. The van der Waals surface area contributed by atoms with E-state index in [0.717, 1.165) is 16.7 Å². The van der Waals surface area contributed by atoms with Crippen molar-refractivity contribution in [2.24, 2.45) is 5.41 Å². The number of piperazine rings is 1. The van der Waals surface area contributed by atoms with Gasteiger partial charge in [0.25, 0.3) is 11.8 Å². The Balaban J connectivity index is 1.55. The molecule has 8 nitrogen and oxygen atoms in total. The summed E-state index contributed by atoms with van der Waals surface area (Å²) >= 11 is 0. The highest BCUT2D eigenvalue weighted by atomic mass is 19.1. The van der Waals surface area contributed by atoms with E-state index in [2.05, 4.69) is 16.7 Å². The van der Waals surface area contributed by atoms with E-state index in [0.29, 0.717) is 37.4 Å². The first kappa shape index (κ1) is 26.5. The van der Waals surface area contributed by atoms with Gasteiger partial charge in [0.2, 0.25) is 0 Å². The molecule has 3 heterocycles.